The van der Waals surface area contributed by atoms with Gasteiger partial charge in [-0.25, -0.2) is 10.2 Å². The van der Waals surface area contributed by atoms with Crippen LogP contribution in [0.3, 0.4) is 0 Å². The second-order valence-electron chi connectivity index (χ2n) is 5.05. The van der Waals surface area contributed by atoms with E-state index < -0.39 is 11.7 Å². The van der Waals surface area contributed by atoms with Crippen molar-refractivity contribution in [3.05, 3.63) is 34.3 Å². The molecule has 0 heterocycles. The summed E-state index contributed by atoms with van der Waals surface area (Å²) in [7, 11) is 0. The second-order valence-corrected chi connectivity index (χ2v) is 5.49. The molecule has 1 aromatic carbocycles. The summed E-state index contributed by atoms with van der Waals surface area (Å²) in [5, 5.41) is 0.705. The molecule has 0 aliphatic carbocycles. The summed E-state index contributed by atoms with van der Waals surface area (Å²) < 4.78 is 5.09. The molecule has 18 heavy (non-hydrogen) atoms. The zero-order valence-electron chi connectivity index (χ0n) is 11.1. The van der Waals surface area contributed by atoms with Crippen molar-refractivity contribution < 1.29 is 9.53 Å². The highest BCUT2D eigenvalue weighted by molar-refractivity contribution is 6.30. The molecule has 0 bridgehead atoms. The van der Waals surface area contributed by atoms with Crippen LogP contribution < -0.4 is 10.9 Å². The van der Waals surface area contributed by atoms with Crippen molar-refractivity contribution in [2.75, 3.05) is 0 Å². The van der Waals surface area contributed by atoms with E-state index in [-0.39, 0.29) is 0 Å². The van der Waals surface area contributed by atoms with Gasteiger partial charge >= 0.3 is 6.09 Å². The van der Waals surface area contributed by atoms with E-state index in [1.54, 1.807) is 0 Å². The number of hydrogen-bond donors (Lipinski definition) is 2. The maximum atomic E-state index is 11.4. The lowest BCUT2D eigenvalue weighted by atomic mass is 10.1. The van der Waals surface area contributed by atoms with Gasteiger partial charge in [0, 0.05) is 11.6 Å². The lowest BCUT2D eigenvalue weighted by Gasteiger charge is -2.20. The molecule has 0 aliphatic heterocycles. The van der Waals surface area contributed by atoms with Crippen molar-refractivity contribution in [3.8, 4) is 0 Å². The fourth-order valence-electron chi connectivity index (χ4n) is 1.37. The number of halogens is 1. The van der Waals surface area contributed by atoms with Gasteiger partial charge in [0.1, 0.15) is 5.60 Å². The Labute approximate surface area is 113 Å². The molecule has 4 nitrogen and oxygen atoms in total. The molecule has 100 valence electrons. The SMILES string of the molecule is Cc1cc(Cl)ccc1CNNC(=O)OC(C)(C)C. The Kier molecular flexibility index (Phi) is 4.99. The molecule has 0 atom stereocenters. The third kappa shape index (κ3) is 5.38. The van der Waals surface area contributed by atoms with Gasteiger partial charge in [0.2, 0.25) is 0 Å². The normalized spacial score (nSPS) is 11.2. The number of rotatable bonds is 3. The molecule has 0 fully saturated rings. The van der Waals surface area contributed by atoms with Gasteiger partial charge in [0.15, 0.2) is 0 Å². The van der Waals surface area contributed by atoms with E-state index in [1.807, 2.05) is 45.9 Å². The number of carbonyl (C=O) groups is 1. The quantitative estimate of drug-likeness (QED) is 0.830. The van der Waals surface area contributed by atoms with Gasteiger partial charge in [-0.2, -0.15) is 0 Å². The molecule has 0 aromatic heterocycles. The molecule has 0 spiro atoms. The fourth-order valence-corrected chi connectivity index (χ4v) is 1.60. The second kappa shape index (κ2) is 6.07. The topological polar surface area (TPSA) is 50.4 Å². The van der Waals surface area contributed by atoms with E-state index in [9.17, 15) is 4.79 Å². The predicted octanol–water partition coefficient (Wildman–Crippen LogP) is 3.18. The third-order valence-corrected chi connectivity index (χ3v) is 2.41. The first kappa shape index (κ1) is 14.8. The van der Waals surface area contributed by atoms with Gasteiger partial charge in [-0.1, -0.05) is 17.7 Å². The van der Waals surface area contributed by atoms with Crippen molar-refractivity contribution in [1.82, 2.24) is 10.9 Å². The number of hydrazine groups is 1. The van der Waals surface area contributed by atoms with Gasteiger partial charge < -0.3 is 4.74 Å². The molecule has 1 aromatic rings. The standard InChI is InChI=1S/C13H19ClN2O2/c1-9-7-11(14)6-5-10(9)8-15-16-12(17)18-13(2,3)4/h5-7,15H,8H2,1-4H3,(H,16,17). The summed E-state index contributed by atoms with van der Waals surface area (Å²) in [5.74, 6) is 0. The number of carbonyl (C=O) groups excluding carboxylic acids is 1. The Balaban J connectivity index is 2.40. The number of benzene rings is 1. The lowest BCUT2D eigenvalue weighted by Crippen LogP contribution is -2.40. The van der Waals surface area contributed by atoms with Crippen molar-refractivity contribution in [3.63, 3.8) is 0 Å². The van der Waals surface area contributed by atoms with Crippen LogP contribution in [0, 0.1) is 6.92 Å². The summed E-state index contributed by atoms with van der Waals surface area (Å²) in [6.07, 6.45) is -0.492. The van der Waals surface area contributed by atoms with E-state index in [0.29, 0.717) is 11.6 Å². The van der Waals surface area contributed by atoms with Crippen LogP contribution in [0.1, 0.15) is 31.9 Å². The summed E-state index contributed by atoms with van der Waals surface area (Å²) >= 11 is 5.86. The fraction of sp³-hybridized carbons (Fsp3) is 0.462. The molecule has 0 aliphatic rings. The van der Waals surface area contributed by atoms with Gasteiger partial charge in [-0.05, 0) is 51.0 Å². The number of aryl methyl sites for hydroxylation is 1. The largest absolute Gasteiger partial charge is 0.443 e. The maximum absolute atomic E-state index is 11.4. The smallest absolute Gasteiger partial charge is 0.422 e. The Morgan fingerprint density at radius 2 is 2.06 bits per heavy atom. The molecule has 0 unspecified atom stereocenters. The number of hydrogen-bond acceptors (Lipinski definition) is 3. The van der Waals surface area contributed by atoms with E-state index in [4.69, 9.17) is 16.3 Å². The minimum Gasteiger partial charge on any atom is -0.443 e. The zero-order chi connectivity index (χ0) is 13.8. The van der Waals surface area contributed by atoms with Crippen LogP contribution in [0.2, 0.25) is 5.02 Å². The molecule has 0 saturated heterocycles. The van der Waals surface area contributed by atoms with Crippen molar-refractivity contribution in [2.24, 2.45) is 0 Å². The molecule has 1 amide bonds. The molecule has 0 radical (unpaired) electrons. The number of ether oxygens (including phenoxy) is 1. The highest BCUT2D eigenvalue weighted by Gasteiger charge is 2.15. The minimum absolute atomic E-state index is 0.492. The van der Waals surface area contributed by atoms with E-state index in [0.717, 1.165) is 11.1 Å². The summed E-state index contributed by atoms with van der Waals surface area (Å²) in [6.45, 7) is 7.93. The first-order valence-corrected chi connectivity index (χ1v) is 6.12. The lowest BCUT2D eigenvalue weighted by molar-refractivity contribution is 0.0497. The minimum atomic E-state index is -0.498. The van der Waals surface area contributed by atoms with Crippen LogP contribution in [0.25, 0.3) is 0 Å². The molecule has 5 heteroatoms. The molecule has 0 saturated carbocycles. The van der Waals surface area contributed by atoms with Crippen LogP contribution in [-0.4, -0.2) is 11.7 Å². The zero-order valence-corrected chi connectivity index (χ0v) is 11.9. The highest BCUT2D eigenvalue weighted by atomic mass is 35.5. The Bertz CT molecular complexity index is 427. The van der Waals surface area contributed by atoms with Crippen LogP contribution in [-0.2, 0) is 11.3 Å². The van der Waals surface area contributed by atoms with E-state index in [1.165, 1.54) is 0 Å². The van der Waals surface area contributed by atoms with E-state index in [2.05, 4.69) is 10.9 Å². The average Bonchev–Trinajstić information content (AvgIpc) is 2.18. The van der Waals surface area contributed by atoms with Gasteiger partial charge in [-0.3, -0.25) is 5.43 Å². The number of amides is 1. The average molecular weight is 271 g/mol. The van der Waals surface area contributed by atoms with Gasteiger partial charge in [-0.15, -0.1) is 0 Å². The van der Waals surface area contributed by atoms with Gasteiger partial charge in [0.05, 0.1) is 0 Å². The Hall–Kier alpha value is -1.26. The number of nitrogens with one attached hydrogen (secondary N) is 2. The van der Waals surface area contributed by atoms with Crippen LogP contribution in [0.4, 0.5) is 4.79 Å². The highest BCUT2D eigenvalue weighted by Crippen LogP contribution is 2.14. The van der Waals surface area contributed by atoms with Crippen molar-refractivity contribution in [2.45, 2.75) is 39.8 Å². The summed E-state index contributed by atoms with van der Waals surface area (Å²) in [5.41, 5.74) is 6.94. The Morgan fingerprint density at radius 3 is 2.61 bits per heavy atom. The molecule has 2 N–H and O–H groups in total. The molecular weight excluding hydrogens is 252 g/mol. The van der Waals surface area contributed by atoms with Crippen LogP contribution >= 0.6 is 11.6 Å². The summed E-state index contributed by atoms with van der Waals surface area (Å²) in [6, 6.07) is 5.62. The van der Waals surface area contributed by atoms with Gasteiger partial charge in [0.25, 0.3) is 0 Å². The Morgan fingerprint density at radius 1 is 1.39 bits per heavy atom. The summed E-state index contributed by atoms with van der Waals surface area (Å²) in [4.78, 5) is 11.4. The first-order chi connectivity index (χ1) is 8.28. The maximum Gasteiger partial charge on any atom is 0.422 e. The predicted molar refractivity (Wildman–Crippen MR) is 72.4 cm³/mol. The van der Waals surface area contributed by atoms with E-state index >= 15 is 0 Å². The molecule has 1 rings (SSSR count). The molecular formula is C13H19ClN2O2. The monoisotopic (exact) mass is 270 g/mol. The third-order valence-electron chi connectivity index (χ3n) is 2.17. The van der Waals surface area contributed by atoms with Crippen molar-refractivity contribution >= 4 is 17.7 Å². The first-order valence-electron chi connectivity index (χ1n) is 5.75. The van der Waals surface area contributed by atoms with Crippen LogP contribution in [0.5, 0.6) is 0 Å². The van der Waals surface area contributed by atoms with Crippen molar-refractivity contribution in [1.29, 1.82) is 0 Å². The van der Waals surface area contributed by atoms with Crippen LogP contribution in [0.15, 0.2) is 18.2 Å².